The quantitative estimate of drug-likeness (QED) is 0.870. The zero-order valence-electron chi connectivity index (χ0n) is 12.3. The number of nitrogens with zero attached hydrogens (tertiary/aromatic N) is 1. The van der Waals surface area contributed by atoms with Gasteiger partial charge in [-0.15, -0.1) is 0 Å². The van der Waals surface area contributed by atoms with Gasteiger partial charge in [0.25, 0.3) is 5.91 Å². The first-order valence-electron chi connectivity index (χ1n) is 6.76. The Labute approximate surface area is 133 Å². The topological polar surface area (TPSA) is 54.0 Å². The van der Waals surface area contributed by atoms with Gasteiger partial charge in [-0.2, -0.15) is 0 Å². The molecule has 0 atom stereocenters. The van der Waals surface area contributed by atoms with E-state index in [1.807, 2.05) is 31.2 Å². The molecule has 2 rings (SSSR count). The minimum Gasteiger partial charge on any atom is -0.382 e. The second-order valence-electron chi connectivity index (χ2n) is 5.15. The lowest BCUT2D eigenvalue weighted by atomic mass is 10.2. The van der Waals surface area contributed by atoms with E-state index in [2.05, 4.69) is 45.4 Å². The number of nitrogens with one attached hydrogen (secondary N) is 2. The van der Waals surface area contributed by atoms with Gasteiger partial charge in [0.1, 0.15) is 5.69 Å². The standard InChI is InChI=1S/C16H18BrN3O/c1-10(2)19-13-5-7-15(18-9-13)16(21)20-12-4-6-14(17)11(3)8-12/h4-10,19H,1-3H3,(H,20,21). The van der Waals surface area contributed by atoms with Crippen molar-refractivity contribution in [1.82, 2.24) is 4.98 Å². The Morgan fingerprint density at radius 1 is 1.19 bits per heavy atom. The van der Waals surface area contributed by atoms with Crippen molar-refractivity contribution in [3.05, 3.63) is 52.3 Å². The normalized spacial score (nSPS) is 10.5. The Balaban J connectivity index is 2.07. The van der Waals surface area contributed by atoms with Gasteiger partial charge in [-0.3, -0.25) is 4.79 Å². The van der Waals surface area contributed by atoms with E-state index in [1.165, 1.54) is 0 Å². The highest BCUT2D eigenvalue weighted by atomic mass is 79.9. The molecule has 21 heavy (non-hydrogen) atoms. The fraction of sp³-hybridized carbons (Fsp3) is 0.250. The lowest BCUT2D eigenvalue weighted by Crippen LogP contribution is -2.14. The molecule has 0 bridgehead atoms. The molecule has 0 saturated heterocycles. The Morgan fingerprint density at radius 3 is 2.48 bits per heavy atom. The molecule has 1 aromatic heterocycles. The van der Waals surface area contributed by atoms with E-state index in [4.69, 9.17) is 0 Å². The molecule has 0 aliphatic carbocycles. The third-order valence-electron chi connectivity index (χ3n) is 2.87. The lowest BCUT2D eigenvalue weighted by molar-refractivity contribution is 0.102. The summed E-state index contributed by atoms with van der Waals surface area (Å²) in [5.41, 5.74) is 3.12. The number of pyridine rings is 1. The van der Waals surface area contributed by atoms with Gasteiger partial charge in [-0.05, 0) is 56.7 Å². The van der Waals surface area contributed by atoms with Gasteiger partial charge in [-0.1, -0.05) is 15.9 Å². The van der Waals surface area contributed by atoms with E-state index in [-0.39, 0.29) is 5.91 Å². The van der Waals surface area contributed by atoms with Crippen LogP contribution in [-0.2, 0) is 0 Å². The molecule has 0 unspecified atom stereocenters. The van der Waals surface area contributed by atoms with E-state index < -0.39 is 0 Å². The van der Waals surface area contributed by atoms with Crippen LogP contribution in [-0.4, -0.2) is 16.9 Å². The molecule has 4 nitrogen and oxygen atoms in total. The van der Waals surface area contributed by atoms with Crippen molar-refractivity contribution in [3.8, 4) is 0 Å². The first-order valence-corrected chi connectivity index (χ1v) is 7.55. The van der Waals surface area contributed by atoms with E-state index >= 15 is 0 Å². The van der Waals surface area contributed by atoms with Crippen LogP contribution >= 0.6 is 15.9 Å². The van der Waals surface area contributed by atoms with Crippen LogP contribution < -0.4 is 10.6 Å². The molecule has 110 valence electrons. The van der Waals surface area contributed by atoms with E-state index in [9.17, 15) is 4.79 Å². The molecular formula is C16H18BrN3O. The molecule has 0 saturated carbocycles. The predicted octanol–water partition coefficient (Wildman–Crippen LogP) is 4.23. The molecule has 2 N–H and O–H groups in total. The number of anilines is 2. The van der Waals surface area contributed by atoms with Crippen molar-refractivity contribution < 1.29 is 4.79 Å². The van der Waals surface area contributed by atoms with Crippen LogP contribution in [0.5, 0.6) is 0 Å². The van der Waals surface area contributed by atoms with Crippen molar-refractivity contribution in [3.63, 3.8) is 0 Å². The number of carbonyl (C=O) groups excluding carboxylic acids is 1. The highest BCUT2D eigenvalue weighted by molar-refractivity contribution is 9.10. The second-order valence-corrected chi connectivity index (χ2v) is 6.00. The van der Waals surface area contributed by atoms with Crippen molar-refractivity contribution in [2.45, 2.75) is 26.8 Å². The van der Waals surface area contributed by atoms with Crippen molar-refractivity contribution in [1.29, 1.82) is 0 Å². The van der Waals surface area contributed by atoms with Gasteiger partial charge in [0.05, 0.1) is 11.9 Å². The minimum atomic E-state index is -0.215. The number of rotatable bonds is 4. The van der Waals surface area contributed by atoms with E-state index in [0.717, 1.165) is 21.4 Å². The van der Waals surface area contributed by atoms with Crippen LogP contribution in [0.15, 0.2) is 41.0 Å². The van der Waals surface area contributed by atoms with Crippen LogP contribution in [0.3, 0.4) is 0 Å². The SMILES string of the molecule is Cc1cc(NC(=O)c2ccc(NC(C)C)cn2)ccc1Br. The Bertz CT molecular complexity index is 638. The summed E-state index contributed by atoms with van der Waals surface area (Å²) in [6.45, 7) is 6.08. The third kappa shape index (κ3) is 4.29. The van der Waals surface area contributed by atoms with E-state index in [1.54, 1.807) is 12.3 Å². The molecule has 1 amide bonds. The van der Waals surface area contributed by atoms with Gasteiger partial charge >= 0.3 is 0 Å². The molecule has 0 spiro atoms. The molecule has 0 aliphatic heterocycles. The van der Waals surface area contributed by atoms with Crippen molar-refractivity contribution >= 4 is 33.2 Å². The number of benzene rings is 1. The van der Waals surface area contributed by atoms with Crippen molar-refractivity contribution in [2.75, 3.05) is 10.6 Å². The number of aromatic nitrogens is 1. The minimum absolute atomic E-state index is 0.215. The maximum Gasteiger partial charge on any atom is 0.274 e. The fourth-order valence-electron chi connectivity index (χ4n) is 1.86. The number of aryl methyl sites for hydroxylation is 1. The average Bonchev–Trinajstić information content (AvgIpc) is 2.43. The summed E-state index contributed by atoms with van der Waals surface area (Å²) >= 11 is 3.44. The average molecular weight is 348 g/mol. The van der Waals surface area contributed by atoms with Gasteiger partial charge < -0.3 is 10.6 Å². The summed E-state index contributed by atoms with van der Waals surface area (Å²) in [4.78, 5) is 16.3. The molecule has 0 aliphatic rings. The number of hydrogen-bond acceptors (Lipinski definition) is 3. The smallest absolute Gasteiger partial charge is 0.274 e. The highest BCUT2D eigenvalue weighted by Crippen LogP contribution is 2.20. The predicted molar refractivity (Wildman–Crippen MR) is 89.8 cm³/mol. The Hall–Kier alpha value is -1.88. The van der Waals surface area contributed by atoms with Crippen LogP contribution in [0.4, 0.5) is 11.4 Å². The van der Waals surface area contributed by atoms with Gasteiger partial charge in [0.15, 0.2) is 0 Å². The van der Waals surface area contributed by atoms with Gasteiger partial charge in [0.2, 0.25) is 0 Å². The Kier molecular flexibility index (Phi) is 4.96. The van der Waals surface area contributed by atoms with Crippen LogP contribution in [0.25, 0.3) is 0 Å². The monoisotopic (exact) mass is 347 g/mol. The number of hydrogen-bond donors (Lipinski definition) is 2. The first-order chi connectivity index (χ1) is 9.95. The maximum atomic E-state index is 12.1. The molecule has 5 heteroatoms. The lowest BCUT2D eigenvalue weighted by Gasteiger charge is -2.10. The molecule has 1 heterocycles. The second kappa shape index (κ2) is 6.72. The van der Waals surface area contributed by atoms with Crippen LogP contribution in [0.2, 0.25) is 0 Å². The summed E-state index contributed by atoms with van der Waals surface area (Å²) in [7, 11) is 0. The van der Waals surface area contributed by atoms with E-state index in [0.29, 0.717) is 11.7 Å². The zero-order valence-corrected chi connectivity index (χ0v) is 13.9. The molecule has 0 radical (unpaired) electrons. The Morgan fingerprint density at radius 2 is 1.90 bits per heavy atom. The summed E-state index contributed by atoms with van der Waals surface area (Å²) in [6.07, 6.45) is 1.67. The fourth-order valence-corrected chi connectivity index (χ4v) is 2.11. The zero-order chi connectivity index (χ0) is 15.4. The largest absolute Gasteiger partial charge is 0.382 e. The summed E-state index contributed by atoms with van der Waals surface area (Å²) in [5.74, 6) is -0.215. The van der Waals surface area contributed by atoms with Crippen LogP contribution in [0, 0.1) is 6.92 Å². The maximum absolute atomic E-state index is 12.1. The summed E-state index contributed by atoms with van der Waals surface area (Å²) in [6, 6.07) is 9.58. The summed E-state index contributed by atoms with van der Waals surface area (Å²) < 4.78 is 1.02. The van der Waals surface area contributed by atoms with Gasteiger partial charge in [0, 0.05) is 16.2 Å². The third-order valence-corrected chi connectivity index (χ3v) is 3.76. The number of amides is 1. The molecular weight excluding hydrogens is 330 g/mol. The first kappa shape index (κ1) is 15.5. The molecule has 0 fully saturated rings. The van der Waals surface area contributed by atoms with Crippen LogP contribution in [0.1, 0.15) is 29.9 Å². The summed E-state index contributed by atoms with van der Waals surface area (Å²) in [5, 5.41) is 6.08. The van der Waals surface area contributed by atoms with Crippen molar-refractivity contribution in [2.24, 2.45) is 0 Å². The molecule has 1 aromatic carbocycles. The number of carbonyl (C=O) groups is 1. The highest BCUT2D eigenvalue weighted by Gasteiger charge is 2.08. The number of halogens is 1. The van der Waals surface area contributed by atoms with Gasteiger partial charge in [-0.25, -0.2) is 4.98 Å². The molecule has 2 aromatic rings.